The summed E-state index contributed by atoms with van der Waals surface area (Å²) in [6, 6.07) is 0. The highest BCUT2D eigenvalue weighted by molar-refractivity contribution is 7.99. The highest BCUT2D eigenvalue weighted by Gasteiger charge is 1.92. The Morgan fingerprint density at radius 1 is 1.00 bits per heavy atom. The Labute approximate surface area is 48.0 Å². The highest BCUT2D eigenvalue weighted by atomic mass is 32.2. The first kappa shape index (κ1) is 5.41. The van der Waals surface area contributed by atoms with Crippen LogP contribution in [0.1, 0.15) is 0 Å². The minimum absolute atomic E-state index is 1.10. The van der Waals surface area contributed by atoms with Gasteiger partial charge in [0.05, 0.1) is 0 Å². The Balaban J connectivity index is 2.04. The highest BCUT2D eigenvalue weighted by Crippen LogP contribution is 1.96. The number of hydrazine groups is 1. The van der Waals surface area contributed by atoms with Crippen molar-refractivity contribution >= 4 is 11.8 Å². The summed E-state index contributed by atoms with van der Waals surface area (Å²) in [5, 5.41) is 0. The van der Waals surface area contributed by atoms with Crippen LogP contribution < -0.4 is 10.9 Å². The molecule has 3 heteroatoms. The van der Waals surface area contributed by atoms with E-state index in [1.165, 1.54) is 11.5 Å². The first-order valence-corrected chi connectivity index (χ1v) is 3.69. The fourth-order valence-corrected chi connectivity index (χ4v) is 1.22. The molecule has 1 aliphatic heterocycles. The summed E-state index contributed by atoms with van der Waals surface area (Å²) < 4.78 is 0. The van der Waals surface area contributed by atoms with Crippen molar-refractivity contribution in [2.45, 2.75) is 0 Å². The van der Waals surface area contributed by atoms with Crippen molar-refractivity contribution in [1.29, 1.82) is 0 Å². The van der Waals surface area contributed by atoms with Gasteiger partial charge in [-0.1, -0.05) is 0 Å². The van der Waals surface area contributed by atoms with E-state index in [1.807, 2.05) is 11.8 Å². The molecule has 0 aliphatic carbocycles. The monoisotopic (exact) mass is 118 g/mol. The number of rotatable bonds is 0. The number of thioether (sulfide) groups is 1. The molecule has 1 saturated heterocycles. The summed E-state index contributed by atoms with van der Waals surface area (Å²) in [5.41, 5.74) is 6.15. The van der Waals surface area contributed by atoms with Gasteiger partial charge in [0, 0.05) is 24.6 Å². The molecule has 0 amide bonds. The van der Waals surface area contributed by atoms with Crippen LogP contribution in [0.25, 0.3) is 0 Å². The van der Waals surface area contributed by atoms with E-state index in [4.69, 9.17) is 0 Å². The van der Waals surface area contributed by atoms with Gasteiger partial charge in [-0.3, -0.25) is 10.9 Å². The van der Waals surface area contributed by atoms with Gasteiger partial charge in [-0.25, -0.2) is 0 Å². The molecule has 0 saturated carbocycles. The predicted molar refractivity (Wildman–Crippen MR) is 33.3 cm³/mol. The molecule has 0 bridgehead atoms. The summed E-state index contributed by atoms with van der Waals surface area (Å²) in [5.74, 6) is 2.49. The summed E-state index contributed by atoms with van der Waals surface area (Å²) in [6.07, 6.45) is 0. The third-order valence-corrected chi connectivity index (χ3v) is 1.85. The van der Waals surface area contributed by atoms with Crippen molar-refractivity contribution in [1.82, 2.24) is 10.9 Å². The second-order valence-corrected chi connectivity index (χ2v) is 2.69. The topological polar surface area (TPSA) is 24.1 Å². The molecule has 2 nitrogen and oxygen atoms in total. The third-order valence-electron chi connectivity index (χ3n) is 0.868. The average molecular weight is 118 g/mol. The minimum atomic E-state index is 1.10. The lowest BCUT2D eigenvalue weighted by molar-refractivity contribution is 0.587. The van der Waals surface area contributed by atoms with E-state index in [9.17, 15) is 0 Å². The summed E-state index contributed by atoms with van der Waals surface area (Å²) >= 11 is 1.99. The maximum absolute atomic E-state index is 3.08. The average Bonchev–Trinajstić information content (AvgIpc) is 1.90. The number of nitrogens with one attached hydrogen (secondary N) is 2. The molecule has 0 spiro atoms. The number of hydrogen-bond donors (Lipinski definition) is 2. The molecule has 2 N–H and O–H groups in total. The van der Waals surface area contributed by atoms with Crippen LogP contribution >= 0.6 is 11.8 Å². The van der Waals surface area contributed by atoms with Gasteiger partial charge >= 0.3 is 0 Å². The van der Waals surface area contributed by atoms with Gasteiger partial charge in [-0.2, -0.15) is 11.8 Å². The lowest BCUT2D eigenvalue weighted by atomic mass is 10.8. The molecule has 0 radical (unpaired) electrons. The molecule has 0 aromatic rings. The van der Waals surface area contributed by atoms with E-state index in [-0.39, 0.29) is 0 Å². The molecule has 1 fully saturated rings. The zero-order valence-corrected chi connectivity index (χ0v) is 5.05. The maximum atomic E-state index is 3.08. The van der Waals surface area contributed by atoms with E-state index in [2.05, 4.69) is 10.9 Å². The third kappa shape index (κ3) is 2.16. The molecule has 0 unspecified atom stereocenters. The zero-order valence-electron chi connectivity index (χ0n) is 4.24. The van der Waals surface area contributed by atoms with Gasteiger partial charge in [-0.15, -0.1) is 0 Å². The van der Waals surface area contributed by atoms with Gasteiger partial charge in [-0.05, 0) is 0 Å². The van der Waals surface area contributed by atoms with Crippen LogP contribution in [0, 0.1) is 0 Å². The van der Waals surface area contributed by atoms with Crippen molar-refractivity contribution in [3.8, 4) is 0 Å². The molecule has 1 aliphatic rings. The predicted octanol–water partition coefficient (Wildman–Crippen LogP) is -0.173. The molecule has 1 heterocycles. The first-order chi connectivity index (χ1) is 3.50. The van der Waals surface area contributed by atoms with Crippen LogP contribution in [0.4, 0.5) is 0 Å². The molecular formula is C4H10N2S. The molecule has 0 atom stereocenters. The summed E-state index contributed by atoms with van der Waals surface area (Å²) in [7, 11) is 0. The van der Waals surface area contributed by atoms with Crippen molar-refractivity contribution in [2.24, 2.45) is 0 Å². The second kappa shape index (κ2) is 3.29. The smallest absolute Gasteiger partial charge is 0.0191 e. The van der Waals surface area contributed by atoms with Crippen LogP contribution in [0.2, 0.25) is 0 Å². The van der Waals surface area contributed by atoms with Gasteiger partial charge in [0.25, 0.3) is 0 Å². The Morgan fingerprint density at radius 2 is 1.57 bits per heavy atom. The van der Waals surface area contributed by atoms with E-state index in [0.29, 0.717) is 0 Å². The van der Waals surface area contributed by atoms with Gasteiger partial charge in [0.15, 0.2) is 0 Å². The van der Waals surface area contributed by atoms with E-state index in [0.717, 1.165) is 13.1 Å². The van der Waals surface area contributed by atoms with E-state index in [1.54, 1.807) is 0 Å². The van der Waals surface area contributed by atoms with Crippen LogP contribution in [-0.4, -0.2) is 24.6 Å². The Morgan fingerprint density at radius 3 is 2.14 bits per heavy atom. The quantitative estimate of drug-likeness (QED) is 0.461. The fraction of sp³-hybridized carbons (Fsp3) is 1.00. The molecule has 1 rings (SSSR count). The Hall–Kier alpha value is 0.270. The SMILES string of the molecule is C1CSCCNN1. The largest absolute Gasteiger partial charge is 0.257 e. The molecule has 7 heavy (non-hydrogen) atoms. The van der Waals surface area contributed by atoms with Crippen LogP contribution in [0.3, 0.4) is 0 Å². The normalized spacial score (nSPS) is 24.0. The van der Waals surface area contributed by atoms with Crippen molar-refractivity contribution in [3.05, 3.63) is 0 Å². The molecule has 42 valence electrons. The lowest BCUT2D eigenvalue weighted by Gasteiger charge is -1.94. The molecular weight excluding hydrogens is 108 g/mol. The van der Waals surface area contributed by atoms with Gasteiger partial charge in [0.2, 0.25) is 0 Å². The second-order valence-electron chi connectivity index (χ2n) is 1.47. The van der Waals surface area contributed by atoms with E-state index >= 15 is 0 Å². The van der Waals surface area contributed by atoms with Crippen molar-refractivity contribution < 1.29 is 0 Å². The fourth-order valence-electron chi connectivity index (χ4n) is 0.525. The maximum Gasteiger partial charge on any atom is 0.0191 e. The van der Waals surface area contributed by atoms with Gasteiger partial charge in [0.1, 0.15) is 0 Å². The Bertz CT molecular complexity index is 29.3. The lowest BCUT2D eigenvalue weighted by Crippen LogP contribution is -2.32. The standard InChI is InChI=1S/C4H10N2S/c1-3-7-4-2-6-5-1/h5-6H,1-4H2. The van der Waals surface area contributed by atoms with Crippen LogP contribution in [-0.2, 0) is 0 Å². The first-order valence-electron chi connectivity index (χ1n) is 2.53. The van der Waals surface area contributed by atoms with Crippen LogP contribution in [0.5, 0.6) is 0 Å². The van der Waals surface area contributed by atoms with Gasteiger partial charge < -0.3 is 0 Å². The number of hydrogen-bond acceptors (Lipinski definition) is 3. The van der Waals surface area contributed by atoms with Crippen molar-refractivity contribution in [3.63, 3.8) is 0 Å². The van der Waals surface area contributed by atoms with E-state index < -0.39 is 0 Å². The summed E-state index contributed by atoms with van der Waals surface area (Å²) in [4.78, 5) is 0. The summed E-state index contributed by atoms with van der Waals surface area (Å²) in [6.45, 7) is 2.20. The van der Waals surface area contributed by atoms with Crippen LogP contribution in [0.15, 0.2) is 0 Å². The minimum Gasteiger partial charge on any atom is -0.257 e. The molecule has 0 aromatic heterocycles. The Kier molecular flexibility index (Phi) is 2.55. The molecule has 0 aromatic carbocycles. The zero-order chi connectivity index (χ0) is 4.95. The van der Waals surface area contributed by atoms with Crippen molar-refractivity contribution in [2.75, 3.05) is 24.6 Å².